The van der Waals surface area contributed by atoms with Gasteiger partial charge < -0.3 is 15.0 Å². The lowest BCUT2D eigenvalue weighted by Crippen LogP contribution is -2.29. The van der Waals surface area contributed by atoms with Crippen LogP contribution in [0, 0.1) is 23.4 Å². The first-order valence-electron chi connectivity index (χ1n) is 10.5. The molecule has 1 aliphatic heterocycles. The van der Waals surface area contributed by atoms with Gasteiger partial charge in [-0.1, -0.05) is 6.07 Å². The molecule has 3 aromatic rings. The Kier molecular flexibility index (Phi) is 6.92. The molecule has 4 rings (SSSR count). The van der Waals surface area contributed by atoms with Gasteiger partial charge in [-0.05, 0) is 60.4 Å². The van der Waals surface area contributed by atoms with Crippen molar-refractivity contribution >= 4 is 17.7 Å². The monoisotopic (exact) mass is 453 g/mol. The molecule has 1 fully saturated rings. The summed E-state index contributed by atoms with van der Waals surface area (Å²) in [4.78, 5) is 18.1. The number of halogens is 3. The van der Waals surface area contributed by atoms with Crippen LogP contribution in [-0.4, -0.2) is 30.5 Å². The van der Waals surface area contributed by atoms with E-state index >= 15 is 0 Å². The predicted molar refractivity (Wildman–Crippen MR) is 119 cm³/mol. The molecule has 170 valence electrons. The van der Waals surface area contributed by atoms with Crippen molar-refractivity contribution in [1.82, 2.24) is 10.3 Å². The van der Waals surface area contributed by atoms with E-state index in [0.29, 0.717) is 36.6 Å². The molecule has 1 unspecified atom stereocenters. The smallest absolute Gasteiger partial charge is 0.244 e. The number of nitrogens with zero attached hydrogens (tertiary/aromatic N) is 2. The average molecular weight is 453 g/mol. The predicted octanol–water partition coefficient (Wildman–Crippen LogP) is 4.95. The Balaban J connectivity index is 1.26. The van der Waals surface area contributed by atoms with Crippen molar-refractivity contribution < 1.29 is 22.7 Å². The third kappa shape index (κ3) is 5.91. The van der Waals surface area contributed by atoms with Crippen LogP contribution in [0.3, 0.4) is 0 Å². The van der Waals surface area contributed by atoms with Crippen LogP contribution in [-0.2, 0) is 4.79 Å². The first kappa shape index (κ1) is 22.4. The van der Waals surface area contributed by atoms with Gasteiger partial charge in [-0.2, -0.15) is 0 Å². The van der Waals surface area contributed by atoms with E-state index in [1.54, 1.807) is 30.5 Å². The van der Waals surface area contributed by atoms with Crippen LogP contribution in [0.4, 0.5) is 18.9 Å². The van der Waals surface area contributed by atoms with Gasteiger partial charge in [-0.25, -0.2) is 13.2 Å². The number of nitrogens with one attached hydrogen (secondary N) is 1. The Labute approximate surface area is 189 Å². The molecule has 5 nitrogen and oxygen atoms in total. The molecule has 1 saturated heterocycles. The summed E-state index contributed by atoms with van der Waals surface area (Å²) < 4.78 is 46.3. The number of benzene rings is 2. The lowest BCUT2D eigenvalue weighted by molar-refractivity contribution is -0.116. The van der Waals surface area contributed by atoms with E-state index in [2.05, 4.69) is 10.3 Å². The third-order valence-corrected chi connectivity index (χ3v) is 5.36. The van der Waals surface area contributed by atoms with E-state index in [-0.39, 0.29) is 17.6 Å². The molecule has 0 spiro atoms. The fourth-order valence-electron chi connectivity index (χ4n) is 3.63. The largest absolute Gasteiger partial charge is 0.453 e. The zero-order valence-corrected chi connectivity index (χ0v) is 17.7. The number of rotatable bonds is 7. The number of amides is 1. The quantitative estimate of drug-likeness (QED) is 0.515. The number of hydrogen-bond donors (Lipinski definition) is 1. The highest BCUT2D eigenvalue weighted by molar-refractivity contribution is 5.91. The van der Waals surface area contributed by atoms with Crippen molar-refractivity contribution in [2.45, 2.75) is 6.42 Å². The van der Waals surface area contributed by atoms with Crippen LogP contribution < -0.4 is 15.0 Å². The molecular formula is C25H22F3N3O2. The van der Waals surface area contributed by atoms with Gasteiger partial charge in [0.15, 0.2) is 23.2 Å². The maximum Gasteiger partial charge on any atom is 0.244 e. The first-order chi connectivity index (χ1) is 16.0. The minimum absolute atomic E-state index is 0.0661. The second-order valence-electron chi connectivity index (χ2n) is 7.76. The summed E-state index contributed by atoms with van der Waals surface area (Å²) in [5.74, 6) is -1.91. The standard InChI is InChI=1S/C25H22F3N3O2/c26-21-6-5-19(13-22(21)27)31-11-9-18(16-31)14-30-25(32)8-4-17-3-7-24(23(28)12-17)33-20-2-1-10-29-15-20/h1-8,10,12-13,15,18H,9,11,14,16H2,(H,30,32)/b8-4+. The van der Waals surface area contributed by atoms with Crippen LogP contribution in [0.1, 0.15) is 12.0 Å². The summed E-state index contributed by atoms with van der Waals surface area (Å²) in [5, 5.41) is 2.83. The van der Waals surface area contributed by atoms with Crippen molar-refractivity contribution in [3.8, 4) is 11.5 Å². The van der Waals surface area contributed by atoms with Crippen molar-refractivity contribution in [1.29, 1.82) is 0 Å². The summed E-state index contributed by atoms with van der Waals surface area (Å²) in [6.45, 7) is 1.79. The summed E-state index contributed by atoms with van der Waals surface area (Å²) in [5.41, 5.74) is 1.15. The molecule has 1 atom stereocenters. The molecule has 1 aromatic heterocycles. The Hall–Kier alpha value is -3.81. The van der Waals surface area contributed by atoms with Gasteiger partial charge in [0.1, 0.15) is 5.75 Å². The minimum Gasteiger partial charge on any atom is -0.453 e. The average Bonchev–Trinajstić information content (AvgIpc) is 3.29. The van der Waals surface area contributed by atoms with Crippen molar-refractivity contribution in [2.24, 2.45) is 5.92 Å². The van der Waals surface area contributed by atoms with Gasteiger partial charge in [-0.3, -0.25) is 9.78 Å². The molecule has 0 aliphatic carbocycles. The van der Waals surface area contributed by atoms with Crippen LogP contribution in [0.2, 0.25) is 0 Å². The summed E-state index contributed by atoms with van der Waals surface area (Å²) in [6.07, 6.45) is 6.77. The first-order valence-corrected chi connectivity index (χ1v) is 10.5. The number of pyridine rings is 1. The molecule has 2 heterocycles. The Bertz CT molecular complexity index is 1150. The number of carbonyl (C=O) groups is 1. The second-order valence-corrected chi connectivity index (χ2v) is 7.76. The molecule has 1 aliphatic rings. The normalized spacial score (nSPS) is 15.7. The minimum atomic E-state index is -0.873. The van der Waals surface area contributed by atoms with E-state index in [1.807, 2.05) is 4.90 Å². The number of hydrogen-bond acceptors (Lipinski definition) is 4. The Morgan fingerprint density at radius 2 is 2.00 bits per heavy atom. The Morgan fingerprint density at radius 3 is 2.76 bits per heavy atom. The van der Waals surface area contributed by atoms with Crippen LogP contribution in [0.5, 0.6) is 11.5 Å². The van der Waals surface area contributed by atoms with Gasteiger partial charge in [0.05, 0.1) is 6.20 Å². The second kappa shape index (κ2) is 10.2. The lowest BCUT2D eigenvalue weighted by Gasteiger charge is -2.19. The number of anilines is 1. The molecule has 33 heavy (non-hydrogen) atoms. The molecule has 1 N–H and O–H groups in total. The van der Waals surface area contributed by atoms with Gasteiger partial charge >= 0.3 is 0 Å². The maximum absolute atomic E-state index is 14.3. The van der Waals surface area contributed by atoms with E-state index < -0.39 is 17.5 Å². The SMILES string of the molecule is O=C(/C=C/c1ccc(Oc2cccnc2)c(F)c1)NCC1CCN(c2ccc(F)c(F)c2)C1. The van der Waals surface area contributed by atoms with Gasteiger partial charge in [0.2, 0.25) is 5.91 Å². The lowest BCUT2D eigenvalue weighted by atomic mass is 10.1. The molecular weight excluding hydrogens is 431 g/mol. The molecule has 1 amide bonds. The van der Waals surface area contributed by atoms with E-state index in [9.17, 15) is 18.0 Å². The molecule has 8 heteroatoms. The molecule has 0 radical (unpaired) electrons. The molecule has 0 bridgehead atoms. The molecule has 0 saturated carbocycles. The van der Waals surface area contributed by atoms with Gasteiger partial charge in [0.25, 0.3) is 0 Å². The summed E-state index contributed by atoms with van der Waals surface area (Å²) in [7, 11) is 0. The van der Waals surface area contributed by atoms with Crippen molar-refractivity contribution in [3.63, 3.8) is 0 Å². The fourth-order valence-corrected chi connectivity index (χ4v) is 3.63. The number of ether oxygens (including phenoxy) is 1. The van der Waals surface area contributed by atoms with Crippen molar-refractivity contribution in [3.05, 3.63) is 90.0 Å². The summed E-state index contributed by atoms with van der Waals surface area (Å²) >= 11 is 0. The third-order valence-electron chi connectivity index (χ3n) is 5.36. The maximum atomic E-state index is 14.3. The zero-order valence-electron chi connectivity index (χ0n) is 17.7. The van der Waals surface area contributed by atoms with Crippen LogP contribution in [0.25, 0.3) is 6.08 Å². The van der Waals surface area contributed by atoms with E-state index in [1.165, 1.54) is 36.5 Å². The Morgan fingerprint density at radius 1 is 1.12 bits per heavy atom. The number of aromatic nitrogens is 1. The fraction of sp³-hybridized carbons (Fsp3) is 0.200. The molecule has 2 aromatic carbocycles. The van der Waals surface area contributed by atoms with E-state index in [0.717, 1.165) is 12.5 Å². The van der Waals surface area contributed by atoms with Crippen LogP contribution in [0.15, 0.2) is 67.0 Å². The van der Waals surface area contributed by atoms with Gasteiger partial charge in [0, 0.05) is 43.7 Å². The summed E-state index contributed by atoms with van der Waals surface area (Å²) in [6, 6.07) is 11.6. The highest BCUT2D eigenvalue weighted by atomic mass is 19.2. The van der Waals surface area contributed by atoms with Gasteiger partial charge in [-0.15, -0.1) is 0 Å². The van der Waals surface area contributed by atoms with Crippen LogP contribution >= 0.6 is 0 Å². The highest BCUT2D eigenvalue weighted by Crippen LogP contribution is 2.26. The van der Waals surface area contributed by atoms with Crippen molar-refractivity contribution in [2.75, 3.05) is 24.5 Å². The highest BCUT2D eigenvalue weighted by Gasteiger charge is 2.23. The number of carbonyl (C=O) groups excluding carboxylic acids is 1. The van der Waals surface area contributed by atoms with E-state index in [4.69, 9.17) is 4.74 Å². The topological polar surface area (TPSA) is 54.5 Å². The zero-order chi connectivity index (χ0) is 23.2.